The lowest BCUT2D eigenvalue weighted by atomic mass is 9.87. The Morgan fingerprint density at radius 1 is 1.21 bits per heavy atom. The Kier molecular flexibility index (Phi) is 1.69. The van der Waals surface area contributed by atoms with Crippen LogP contribution in [0.2, 0.25) is 0 Å². The quantitative estimate of drug-likeness (QED) is 0.616. The maximum atomic E-state index is 11.9. The fraction of sp³-hybridized carbons (Fsp3) is 0.364. The summed E-state index contributed by atoms with van der Waals surface area (Å²) in [7, 11) is 0. The van der Waals surface area contributed by atoms with E-state index in [4.69, 9.17) is 9.47 Å². The predicted molar refractivity (Wildman–Crippen MR) is 49.1 cm³/mol. The Morgan fingerprint density at radius 2 is 2.07 bits per heavy atom. The van der Waals surface area contributed by atoms with Crippen LogP contribution in [0.25, 0.3) is 0 Å². The molecule has 0 N–H and O–H groups in total. The summed E-state index contributed by atoms with van der Waals surface area (Å²) >= 11 is 0. The normalized spacial score (nSPS) is 29.9. The van der Waals surface area contributed by atoms with Gasteiger partial charge in [-0.1, -0.05) is 24.3 Å². The molecule has 1 heterocycles. The minimum atomic E-state index is -0.370. The SMILES string of the molecule is O=C1c2ccccc2CC2OCOC12. The minimum Gasteiger partial charge on any atom is -0.349 e. The van der Waals surface area contributed by atoms with Gasteiger partial charge in [0.1, 0.15) is 12.9 Å². The number of ether oxygens (including phenoxy) is 2. The van der Waals surface area contributed by atoms with Crippen LogP contribution in [0.15, 0.2) is 24.3 Å². The Bertz CT molecular complexity index is 386. The number of carbonyl (C=O) groups is 1. The van der Waals surface area contributed by atoms with Crippen LogP contribution >= 0.6 is 0 Å². The van der Waals surface area contributed by atoms with Crippen LogP contribution in [0, 0.1) is 0 Å². The molecule has 1 aliphatic heterocycles. The molecule has 3 rings (SSSR count). The van der Waals surface area contributed by atoms with Crippen molar-refractivity contribution in [2.75, 3.05) is 6.79 Å². The summed E-state index contributed by atoms with van der Waals surface area (Å²) in [5, 5.41) is 0. The molecule has 1 aromatic rings. The van der Waals surface area contributed by atoms with Crippen LogP contribution in [0.1, 0.15) is 15.9 Å². The summed E-state index contributed by atoms with van der Waals surface area (Å²) in [6, 6.07) is 7.66. The van der Waals surface area contributed by atoms with Crippen LogP contribution in [-0.2, 0) is 15.9 Å². The zero-order chi connectivity index (χ0) is 9.54. The fourth-order valence-electron chi connectivity index (χ4n) is 2.11. The van der Waals surface area contributed by atoms with Gasteiger partial charge in [-0.15, -0.1) is 0 Å². The van der Waals surface area contributed by atoms with Crippen molar-refractivity contribution in [2.45, 2.75) is 18.6 Å². The molecule has 0 aromatic heterocycles. The third-order valence-electron chi connectivity index (χ3n) is 2.83. The van der Waals surface area contributed by atoms with Gasteiger partial charge in [0.2, 0.25) is 0 Å². The first kappa shape index (κ1) is 8.15. The van der Waals surface area contributed by atoms with Crippen LogP contribution in [0.4, 0.5) is 0 Å². The van der Waals surface area contributed by atoms with Crippen molar-refractivity contribution in [1.29, 1.82) is 0 Å². The molecular formula is C11H10O3. The Morgan fingerprint density at radius 3 is 3.00 bits per heavy atom. The second-order valence-corrected chi connectivity index (χ2v) is 3.64. The third-order valence-corrected chi connectivity index (χ3v) is 2.83. The maximum Gasteiger partial charge on any atom is 0.194 e. The van der Waals surface area contributed by atoms with Crippen LogP contribution in [0.3, 0.4) is 0 Å². The molecule has 1 aliphatic carbocycles. The number of Topliss-reactive ketones (excluding diaryl/α,β-unsaturated/α-hetero) is 1. The smallest absolute Gasteiger partial charge is 0.194 e. The number of rotatable bonds is 0. The van der Waals surface area contributed by atoms with Gasteiger partial charge in [-0.3, -0.25) is 4.79 Å². The lowest BCUT2D eigenvalue weighted by Gasteiger charge is -2.23. The highest BCUT2D eigenvalue weighted by Crippen LogP contribution is 2.28. The van der Waals surface area contributed by atoms with Gasteiger partial charge in [-0.2, -0.15) is 0 Å². The van der Waals surface area contributed by atoms with Crippen LogP contribution < -0.4 is 0 Å². The Balaban J connectivity index is 2.08. The summed E-state index contributed by atoms with van der Waals surface area (Å²) in [4.78, 5) is 11.9. The number of hydrogen-bond donors (Lipinski definition) is 0. The molecule has 0 amide bonds. The molecule has 0 spiro atoms. The first-order chi connectivity index (χ1) is 6.86. The van der Waals surface area contributed by atoms with Gasteiger partial charge in [-0.25, -0.2) is 0 Å². The Labute approximate surface area is 81.6 Å². The van der Waals surface area contributed by atoms with Crippen LogP contribution in [0.5, 0.6) is 0 Å². The van der Waals surface area contributed by atoms with Crippen molar-refractivity contribution >= 4 is 5.78 Å². The van der Waals surface area contributed by atoms with Crippen molar-refractivity contribution in [3.05, 3.63) is 35.4 Å². The van der Waals surface area contributed by atoms with Gasteiger partial charge in [0.15, 0.2) is 5.78 Å². The van der Waals surface area contributed by atoms with Gasteiger partial charge >= 0.3 is 0 Å². The number of fused-ring (bicyclic) bond motifs is 2. The standard InChI is InChI=1S/C11H10O3/c12-10-8-4-2-1-3-7(8)5-9-11(10)14-6-13-9/h1-4,9,11H,5-6H2. The van der Waals surface area contributed by atoms with E-state index < -0.39 is 0 Å². The molecule has 2 atom stereocenters. The van der Waals surface area contributed by atoms with E-state index in [0.29, 0.717) is 0 Å². The average Bonchev–Trinajstić information content (AvgIpc) is 2.66. The van der Waals surface area contributed by atoms with E-state index in [1.807, 2.05) is 24.3 Å². The van der Waals surface area contributed by atoms with Crippen LogP contribution in [-0.4, -0.2) is 24.8 Å². The molecule has 2 unspecified atom stereocenters. The van der Waals surface area contributed by atoms with Crippen molar-refractivity contribution in [3.63, 3.8) is 0 Å². The highest BCUT2D eigenvalue weighted by Gasteiger charge is 2.40. The molecule has 14 heavy (non-hydrogen) atoms. The fourth-order valence-corrected chi connectivity index (χ4v) is 2.11. The third kappa shape index (κ3) is 1.03. The predicted octanol–water partition coefficient (Wildman–Crippen LogP) is 1.17. The van der Waals surface area contributed by atoms with Crippen molar-refractivity contribution in [2.24, 2.45) is 0 Å². The molecule has 0 bridgehead atoms. The summed E-state index contributed by atoms with van der Waals surface area (Å²) in [6.07, 6.45) is 0.342. The van der Waals surface area contributed by atoms with E-state index in [9.17, 15) is 4.79 Å². The summed E-state index contributed by atoms with van der Waals surface area (Å²) in [6.45, 7) is 0.245. The summed E-state index contributed by atoms with van der Waals surface area (Å²) in [5.74, 6) is 0.0642. The highest BCUT2D eigenvalue weighted by molar-refractivity contribution is 6.02. The molecule has 1 aromatic carbocycles. The molecule has 3 nitrogen and oxygen atoms in total. The molecule has 3 heteroatoms. The lowest BCUT2D eigenvalue weighted by Crippen LogP contribution is -2.37. The minimum absolute atomic E-state index is 0.0642. The molecular weight excluding hydrogens is 180 g/mol. The molecule has 1 fully saturated rings. The molecule has 72 valence electrons. The van der Waals surface area contributed by atoms with Gasteiger partial charge in [0.25, 0.3) is 0 Å². The van der Waals surface area contributed by atoms with Crippen molar-refractivity contribution in [3.8, 4) is 0 Å². The van der Waals surface area contributed by atoms with E-state index in [1.54, 1.807) is 0 Å². The first-order valence-electron chi connectivity index (χ1n) is 4.71. The van der Waals surface area contributed by atoms with E-state index in [-0.39, 0.29) is 24.8 Å². The summed E-state index contributed by atoms with van der Waals surface area (Å²) in [5.41, 5.74) is 1.86. The maximum absolute atomic E-state index is 11.9. The average molecular weight is 190 g/mol. The zero-order valence-electron chi connectivity index (χ0n) is 7.60. The molecule has 2 aliphatic rings. The van der Waals surface area contributed by atoms with E-state index >= 15 is 0 Å². The number of ketones is 1. The zero-order valence-corrected chi connectivity index (χ0v) is 7.60. The number of benzene rings is 1. The van der Waals surface area contributed by atoms with Gasteiger partial charge < -0.3 is 9.47 Å². The van der Waals surface area contributed by atoms with E-state index in [0.717, 1.165) is 17.5 Å². The second kappa shape index (κ2) is 2.90. The highest BCUT2D eigenvalue weighted by atomic mass is 16.7. The van der Waals surface area contributed by atoms with Gasteiger partial charge in [0.05, 0.1) is 6.10 Å². The topological polar surface area (TPSA) is 35.5 Å². The number of carbonyl (C=O) groups excluding carboxylic acids is 1. The molecule has 0 radical (unpaired) electrons. The van der Waals surface area contributed by atoms with Gasteiger partial charge in [-0.05, 0) is 5.56 Å². The first-order valence-corrected chi connectivity index (χ1v) is 4.71. The number of hydrogen-bond acceptors (Lipinski definition) is 3. The molecule has 0 saturated carbocycles. The monoisotopic (exact) mass is 190 g/mol. The largest absolute Gasteiger partial charge is 0.349 e. The van der Waals surface area contributed by atoms with Crippen molar-refractivity contribution in [1.82, 2.24) is 0 Å². The second-order valence-electron chi connectivity index (χ2n) is 3.64. The van der Waals surface area contributed by atoms with E-state index in [1.165, 1.54) is 0 Å². The molecule has 1 saturated heterocycles. The lowest BCUT2D eigenvalue weighted by molar-refractivity contribution is 0.0378. The van der Waals surface area contributed by atoms with Crippen molar-refractivity contribution < 1.29 is 14.3 Å². The Hall–Kier alpha value is -1.19. The summed E-state index contributed by atoms with van der Waals surface area (Å²) < 4.78 is 10.6. The van der Waals surface area contributed by atoms with Gasteiger partial charge in [0, 0.05) is 12.0 Å². The van der Waals surface area contributed by atoms with E-state index in [2.05, 4.69) is 0 Å².